The fourth-order valence-corrected chi connectivity index (χ4v) is 2.68. The van der Waals surface area contributed by atoms with Gasteiger partial charge in [0.2, 0.25) is 0 Å². The van der Waals surface area contributed by atoms with Crippen molar-refractivity contribution < 1.29 is 14.6 Å². The van der Waals surface area contributed by atoms with Crippen molar-refractivity contribution in [1.29, 1.82) is 0 Å². The summed E-state index contributed by atoms with van der Waals surface area (Å²) in [6.45, 7) is 3.92. The van der Waals surface area contributed by atoms with E-state index in [2.05, 4.69) is 4.98 Å². The van der Waals surface area contributed by atoms with E-state index < -0.39 is 5.97 Å². The quantitative estimate of drug-likeness (QED) is 0.850. The van der Waals surface area contributed by atoms with Gasteiger partial charge in [-0.3, -0.25) is 0 Å². The van der Waals surface area contributed by atoms with Crippen LogP contribution in [-0.2, 0) is 11.3 Å². The molecule has 0 radical (unpaired) electrons. The van der Waals surface area contributed by atoms with E-state index in [1.165, 1.54) is 11.3 Å². The van der Waals surface area contributed by atoms with Crippen LogP contribution in [0.25, 0.3) is 10.2 Å². The molecule has 0 saturated carbocycles. The summed E-state index contributed by atoms with van der Waals surface area (Å²) in [4.78, 5) is 16.6. The third kappa shape index (κ3) is 2.16. The lowest BCUT2D eigenvalue weighted by Gasteiger charge is -2.05. The van der Waals surface area contributed by atoms with Gasteiger partial charge in [-0.1, -0.05) is 0 Å². The minimum atomic E-state index is -0.449. The summed E-state index contributed by atoms with van der Waals surface area (Å²) in [5.74, 6) is -0.449. The normalized spacial score (nSPS) is 10.8. The van der Waals surface area contributed by atoms with Gasteiger partial charge < -0.3 is 9.84 Å². The van der Waals surface area contributed by atoms with Crippen LogP contribution in [0.5, 0.6) is 0 Å². The van der Waals surface area contributed by atoms with Crippen LogP contribution in [0, 0.1) is 6.92 Å². The van der Waals surface area contributed by atoms with E-state index in [0.29, 0.717) is 6.61 Å². The molecule has 0 aliphatic rings. The molecule has 2 aromatic heterocycles. The average Bonchev–Trinajstić information content (AvgIpc) is 2.70. The fraction of sp³-hybridized carbons (Fsp3) is 0.333. The number of esters is 1. The smallest absolute Gasteiger partial charge is 0.356 e. The standard InChI is InChI=1S/C12H13NO3S/c1-3-16-12(15)9-4-8(5-14)10-7(2)6-17-11(10)13-9/h4,6,14H,3,5H2,1-2H3. The van der Waals surface area contributed by atoms with Gasteiger partial charge in [0.1, 0.15) is 10.5 Å². The highest BCUT2D eigenvalue weighted by molar-refractivity contribution is 7.17. The third-order valence-electron chi connectivity index (χ3n) is 2.46. The predicted octanol–water partition coefficient (Wildman–Crippen LogP) is 2.27. The first-order valence-electron chi connectivity index (χ1n) is 5.33. The molecule has 0 bridgehead atoms. The first-order chi connectivity index (χ1) is 8.17. The Hall–Kier alpha value is -1.46. The zero-order chi connectivity index (χ0) is 12.4. The van der Waals surface area contributed by atoms with E-state index in [0.717, 1.165) is 21.3 Å². The lowest BCUT2D eigenvalue weighted by atomic mass is 10.1. The number of pyridine rings is 1. The van der Waals surface area contributed by atoms with Crippen LogP contribution < -0.4 is 0 Å². The van der Waals surface area contributed by atoms with Gasteiger partial charge in [0, 0.05) is 5.39 Å². The largest absolute Gasteiger partial charge is 0.461 e. The number of aromatic nitrogens is 1. The van der Waals surface area contributed by atoms with E-state index in [-0.39, 0.29) is 12.3 Å². The van der Waals surface area contributed by atoms with Crippen LogP contribution in [-0.4, -0.2) is 22.7 Å². The lowest BCUT2D eigenvalue weighted by molar-refractivity contribution is 0.0520. The molecule has 4 nitrogen and oxygen atoms in total. The molecule has 0 unspecified atom stereocenters. The molecule has 0 amide bonds. The third-order valence-corrected chi connectivity index (χ3v) is 3.45. The molecule has 0 aliphatic carbocycles. The summed E-state index contributed by atoms with van der Waals surface area (Å²) < 4.78 is 4.90. The Balaban J connectivity index is 2.57. The number of aliphatic hydroxyl groups is 1. The number of carbonyl (C=O) groups is 1. The average molecular weight is 251 g/mol. The summed E-state index contributed by atoms with van der Waals surface area (Å²) in [7, 11) is 0. The van der Waals surface area contributed by atoms with Crippen molar-refractivity contribution in [3.8, 4) is 0 Å². The second-order valence-electron chi connectivity index (χ2n) is 3.64. The number of hydrogen-bond acceptors (Lipinski definition) is 5. The second kappa shape index (κ2) is 4.81. The van der Waals surface area contributed by atoms with Crippen LogP contribution in [0.1, 0.15) is 28.5 Å². The minimum Gasteiger partial charge on any atom is -0.461 e. The molecule has 2 aromatic rings. The number of aliphatic hydroxyl groups excluding tert-OH is 1. The number of hydrogen-bond donors (Lipinski definition) is 1. The topological polar surface area (TPSA) is 59.4 Å². The molecule has 0 saturated heterocycles. The summed E-state index contributed by atoms with van der Waals surface area (Å²) in [5.41, 5.74) is 2.04. The van der Waals surface area contributed by atoms with Crippen molar-refractivity contribution in [2.75, 3.05) is 6.61 Å². The van der Waals surface area contributed by atoms with Gasteiger partial charge in [-0.05, 0) is 36.4 Å². The highest BCUT2D eigenvalue weighted by atomic mass is 32.1. The maximum atomic E-state index is 11.6. The van der Waals surface area contributed by atoms with Crippen LogP contribution in [0.4, 0.5) is 0 Å². The van der Waals surface area contributed by atoms with Gasteiger partial charge in [-0.15, -0.1) is 11.3 Å². The number of fused-ring (bicyclic) bond motifs is 1. The number of carbonyl (C=O) groups excluding carboxylic acids is 1. The van der Waals surface area contributed by atoms with Crippen molar-refractivity contribution in [2.45, 2.75) is 20.5 Å². The molecule has 17 heavy (non-hydrogen) atoms. The Bertz CT molecular complexity index is 562. The van der Waals surface area contributed by atoms with Gasteiger partial charge in [-0.2, -0.15) is 0 Å². The molecule has 0 fully saturated rings. The van der Waals surface area contributed by atoms with Gasteiger partial charge in [0.15, 0.2) is 0 Å². The second-order valence-corrected chi connectivity index (χ2v) is 4.50. The summed E-state index contributed by atoms with van der Waals surface area (Å²) in [6, 6.07) is 1.60. The molecule has 1 N–H and O–H groups in total. The Morgan fingerprint density at radius 1 is 1.59 bits per heavy atom. The van der Waals surface area contributed by atoms with Crippen LogP contribution in [0.2, 0.25) is 0 Å². The van der Waals surface area contributed by atoms with Gasteiger partial charge in [0.25, 0.3) is 0 Å². The molecule has 0 spiro atoms. The van der Waals surface area contributed by atoms with Crippen LogP contribution in [0.3, 0.4) is 0 Å². The minimum absolute atomic E-state index is 0.108. The molecule has 0 aliphatic heterocycles. The SMILES string of the molecule is CCOC(=O)c1cc(CO)c2c(C)csc2n1. The monoisotopic (exact) mass is 251 g/mol. The molecule has 90 valence electrons. The zero-order valence-corrected chi connectivity index (χ0v) is 10.5. The van der Waals surface area contributed by atoms with Crippen LogP contribution in [0.15, 0.2) is 11.4 Å². The first kappa shape index (κ1) is 12.0. The number of rotatable bonds is 3. The number of thiophene rings is 1. The first-order valence-corrected chi connectivity index (χ1v) is 6.21. The zero-order valence-electron chi connectivity index (χ0n) is 9.69. The van der Waals surface area contributed by atoms with E-state index in [1.54, 1.807) is 13.0 Å². The van der Waals surface area contributed by atoms with Gasteiger partial charge >= 0.3 is 5.97 Å². The summed E-state index contributed by atoms with van der Waals surface area (Å²) in [5, 5.41) is 12.2. The van der Waals surface area contributed by atoms with E-state index in [9.17, 15) is 9.90 Å². The highest BCUT2D eigenvalue weighted by Gasteiger charge is 2.14. The number of ether oxygens (including phenoxy) is 1. The van der Waals surface area contributed by atoms with Gasteiger partial charge in [0.05, 0.1) is 13.2 Å². The maximum absolute atomic E-state index is 11.6. The summed E-state index contributed by atoms with van der Waals surface area (Å²) in [6.07, 6.45) is 0. The van der Waals surface area contributed by atoms with Crippen molar-refractivity contribution >= 4 is 27.5 Å². The van der Waals surface area contributed by atoms with Crippen molar-refractivity contribution in [2.24, 2.45) is 0 Å². The number of aryl methyl sites for hydroxylation is 1. The molecule has 0 atom stereocenters. The fourth-order valence-electron chi connectivity index (χ4n) is 1.72. The Labute approximate surface area is 103 Å². The predicted molar refractivity (Wildman–Crippen MR) is 66.2 cm³/mol. The van der Waals surface area contributed by atoms with E-state index >= 15 is 0 Å². The molecule has 2 heterocycles. The Morgan fingerprint density at radius 3 is 3.00 bits per heavy atom. The van der Waals surface area contributed by atoms with Crippen molar-refractivity contribution in [3.63, 3.8) is 0 Å². The lowest BCUT2D eigenvalue weighted by Crippen LogP contribution is -2.08. The van der Waals surface area contributed by atoms with Crippen LogP contribution >= 0.6 is 11.3 Å². The van der Waals surface area contributed by atoms with Crippen molar-refractivity contribution in [3.05, 3.63) is 28.3 Å². The van der Waals surface area contributed by atoms with Gasteiger partial charge in [-0.25, -0.2) is 9.78 Å². The van der Waals surface area contributed by atoms with Crippen molar-refractivity contribution in [1.82, 2.24) is 4.98 Å². The van der Waals surface area contributed by atoms with E-state index in [4.69, 9.17) is 4.74 Å². The molecule has 2 rings (SSSR count). The summed E-state index contributed by atoms with van der Waals surface area (Å²) >= 11 is 1.46. The Morgan fingerprint density at radius 2 is 2.35 bits per heavy atom. The molecular weight excluding hydrogens is 238 g/mol. The molecule has 0 aromatic carbocycles. The number of nitrogens with zero attached hydrogens (tertiary/aromatic N) is 1. The Kier molecular flexibility index (Phi) is 3.40. The molecule has 5 heteroatoms. The maximum Gasteiger partial charge on any atom is 0.356 e. The highest BCUT2D eigenvalue weighted by Crippen LogP contribution is 2.28. The van der Waals surface area contributed by atoms with E-state index in [1.807, 2.05) is 12.3 Å². The molecular formula is C12H13NO3S.